The summed E-state index contributed by atoms with van der Waals surface area (Å²) in [6.07, 6.45) is 3.36. The molecule has 2 heterocycles. The van der Waals surface area contributed by atoms with E-state index >= 15 is 0 Å². The van der Waals surface area contributed by atoms with Gasteiger partial charge < -0.3 is 14.2 Å². The Morgan fingerprint density at radius 2 is 1.78 bits per heavy atom. The Kier molecular flexibility index (Phi) is 4.94. The molecule has 1 N–H and O–H groups in total. The van der Waals surface area contributed by atoms with E-state index < -0.39 is 0 Å². The number of hydrogen-bond donors (Lipinski definition) is 1. The van der Waals surface area contributed by atoms with E-state index in [0.717, 1.165) is 22.8 Å². The van der Waals surface area contributed by atoms with Crippen LogP contribution in [0.3, 0.4) is 0 Å². The van der Waals surface area contributed by atoms with Gasteiger partial charge in [0.2, 0.25) is 5.91 Å². The maximum absolute atomic E-state index is 11.8. The topological polar surface area (TPSA) is 55.4 Å². The summed E-state index contributed by atoms with van der Waals surface area (Å²) >= 11 is 0. The van der Waals surface area contributed by atoms with Gasteiger partial charge in [-0.3, -0.25) is 4.79 Å². The number of aryl methyl sites for hydroxylation is 1. The van der Waals surface area contributed by atoms with Crippen molar-refractivity contribution in [2.75, 3.05) is 6.54 Å². The number of nitrogens with one attached hydrogen (secondary N) is 1. The van der Waals surface area contributed by atoms with Crippen LogP contribution in [0.5, 0.6) is 0 Å². The molecule has 0 aliphatic heterocycles. The summed E-state index contributed by atoms with van der Waals surface area (Å²) in [5, 5.41) is 2.89. The molecular weight excluding hydrogens is 290 g/mol. The molecule has 0 spiro atoms. The predicted molar refractivity (Wildman–Crippen MR) is 87.9 cm³/mol. The van der Waals surface area contributed by atoms with Crippen LogP contribution in [0.15, 0.2) is 69.7 Å². The van der Waals surface area contributed by atoms with Crippen LogP contribution in [0.1, 0.15) is 17.9 Å². The first-order valence-electron chi connectivity index (χ1n) is 7.74. The largest absolute Gasteiger partial charge is 0.469 e. The number of carbonyl (C=O) groups excluding carboxylic acids is 1. The fourth-order valence-corrected chi connectivity index (χ4v) is 2.37. The van der Waals surface area contributed by atoms with Gasteiger partial charge in [0.15, 0.2) is 0 Å². The molecule has 118 valence electrons. The van der Waals surface area contributed by atoms with Gasteiger partial charge in [-0.05, 0) is 24.3 Å². The molecule has 0 radical (unpaired) electrons. The Morgan fingerprint density at radius 1 is 0.913 bits per heavy atom. The van der Waals surface area contributed by atoms with E-state index in [1.807, 2.05) is 54.6 Å². The second kappa shape index (κ2) is 7.49. The first-order valence-corrected chi connectivity index (χ1v) is 7.74. The van der Waals surface area contributed by atoms with Gasteiger partial charge in [0.05, 0.1) is 6.26 Å². The molecule has 0 fully saturated rings. The van der Waals surface area contributed by atoms with E-state index in [4.69, 9.17) is 8.83 Å². The quantitative estimate of drug-likeness (QED) is 0.721. The third-order valence-corrected chi connectivity index (χ3v) is 3.59. The Hall–Kier alpha value is -2.75. The number of carbonyl (C=O) groups is 1. The number of amides is 1. The van der Waals surface area contributed by atoms with E-state index in [-0.39, 0.29) is 5.91 Å². The lowest BCUT2D eigenvalue weighted by Gasteiger charge is -2.03. The first-order chi connectivity index (χ1) is 11.3. The second-order valence-electron chi connectivity index (χ2n) is 5.31. The number of furan rings is 2. The Morgan fingerprint density at radius 3 is 2.57 bits per heavy atom. The average molecular weight is 309 g/mol. The lowest BCUT2D eigenvalue weighted by Crippen LogP contribution is -2.25. The van der Waals surface area contributed by atoms with Crippen molar-refractivity contribution in [2.24, 2.45) is 0 Å². The van der Waals surface area contributed by atoms with Crippen LogP contribution in [0.4, 0.5) is 0 Å². The van der Waals surface area contributed by atoms with Crippen molar-refractivity contribution in [2.45, 2.75) is 19.3 Å². The molecule has 0 atom stereocenters. The van der Waals surface area contributed by atoms with Crippen molar-refractivity contribution in [3.63, 3.8) is 0 Å². The molecule has 23 heavy (non-hydrogen) atoms. The fourth-order valence-electron chi connectivity index (χ4n) is 2.37. The van der Waals surface area contributed by atoms with Gasteiger partial charge in [-0.1, -0.05) is 30.3 Å². The van der Waals surface area contributed by atoms with E-state index in [1.165, 1.54) is 0 Å². The third-order valence-electron chi connectivity index (χ3n) is 3.59. The Balaban J connectivity index is 1.43. The number of rotatable bonds is 7. The Labute approximate surface area is 135 Å². The van der Waals surface area contributed by atoms with Gasteiger partial charge in [-0.15, -0.1) is 0 Å². The van der Waals surface area contributed by atoms with Gasteiger partial charge in [0.1, 0.15) is 17.3 Å². The van der Waals surface area contributed by atoms with Crippen LogP contribution < -0.4 is 5.32 Å². The molecule has 1 amide bonds. The molecule has 0 aliphatic carbocycles. The molecule has 0 saturated carbocycles. The zero-order valence-corrected chi connectivity index (χ0v) is 12.8. The van der Waals surface area contributed by atoms with Crippen LogP contribution in [-0.4, -0.2) is 12.5 Å². The van der Waals surface area contributed by atoms with E-state index in [1.54, 1.807) is 6.26 Å². The molecule has 4 heteroatoms. The SMILES string of the molecule is O=C(CCc1ccc(-c2ccccc2)o1)NCCc1ccco1. The van der Waals surface area contributed by atoms with Crippen molar-refractivity contribution >= 4 is 5.91 Å². The predicted octanol–water partition coefficient (Wildman–Crippen LogP) is 3.83. The van der Waals surface area contributed by atoms with E-state index in [9.17, 15) is 4.79 Å². The molecule has 3 rings (SSSR count). The summed E-state index contributed by atoms with van der Waals surface area (Å²) < 4.78 is 11.0. The van der Waals surface area contributed by atoms with Gasteiger partial charge >= 0.3 is 0 Å². The van der Waals surface area contributed by atoms with Crippen LogP contribution in [0.25, 0.3) is 11.3 Å². The summed E-state index contributed by atoms with van der Waals surface area (Å²) in [5.74, 6) is 2.56. The Bertz CT molecular complexity index is 729. The highest BCUT2D eigenvalue weighted by atomic mass is 16.3. The lowest BCUT2D eigenvalue weighted by atomic mass is 10.2. The minimum absolute atomic E-state index is 0.0224. The van der Waals surface area contributed by atoms with Gasteiger partial charge in [0, 0.05) is 31.4 Å². The van der Waals surface area contributed by atoms with Crippen molar-refractivity contribution in [1.29, 1.82) is 0 Å². The van der Waals surface area contributed by atoms with Crippen molar-refractivity contribution in [3.8, 4) is 11.3 Å². The summed E-state index contributed by atoms with van der Waals surface area (Å²) in [4.78, 5) is 11.8. The minimum atomic E-state index is 0.0224. The van der Waals surface area contributed by atoms with Gasteiger partial charge in [0.25, 0.3) is 0 Å². The number of benzene rings is 1. The minimum Gasteiger partial charge on any atom is -0.469 e. The maximum atomic E-state index is 11.8. The highest BCUT2D eigenvalue weighted by molar-refractivity contribution is 5.76. The van der Waals surface area contributed by atoms with Gasteiger partial charge in [-0.25, -0.2) is 0 Å². The molecule has 3 aromatic rings. The van der Waals surface area contributed by atoms with Crippen LogP contribution in [0, 0.1) is 0 Å². The van der Waals surface area contributed by atoms with Crippen molar-refractivity contribution < 1.29 is 13.6 Å². The monoisotopic (exact) mass is 309 g/mol. The normalized spacial score (nSPS) is 10.6. The summed E-state index contributed by atoms with van der Waals surface area (Å²) in [5.41, 5.74) is 1.04. The molecule has 1 aromatic carbocycles. The van der Waals surface area contributed by atoms with Gasteiger partial charge in [-0.2, -0.15) is 0 Å². The smallest absolute Gasteiger partial charge is 0.220 e. The summed E-state index contributed by atoms with van der Waals surface area (Å²) in [6.45, 7) is 0.583. The molecule has 0 unspecified atom stereocenters. The van der Waals surface area contributed by atoms with Crippen molar-refractivity contribution in [1.82, 2.24) is 5.32 Å². The molecule has 0 bridgehead atoms. The molecular formula is C19H19NO3. The fraction of sp³-hybridized carbons (Fsp3) is 0.211. The van der Waals surface area contributed by atoms with Crippen LogP contribution >= 0.6 is 0 Å². The standard InChI is InChI=1S/C19H19NO3/c21-19(20-13-12-16-7-4-14-22-16)11-9-17-8-10-18(23-17)15-5-2-1-3-6-15/h1-8,10,14H,9,11-13H2,(H,20,21). The molecule has 2 aromatic heterocycles. The van der Waals surface area contributed by atoms with Crippen molar-refractivity contribution in [3.05, 3.63) is 72.4 Å². The number of hydrogen-bond acceptors (Lipinski definition) is 3. The average Bonchev–Trinajstić information content (AvgIpc) is 3.25. The highest BCUT2D eigenvalue weighted by Gasteiger charge is 2.07. The molecule has 0 aliphatic rings. The zero-order chi connectivity index (χ0) is 15.9. The molecule has 4 nitrogen and oxygen atoms in total. The first kappa shape index (κ1) is 15.2. The lowest BCUT2D eigenvalue weighted by molar-refractivity contribution is -0.121. The highest BCUT2D eigenvalue weighted by Crippen LogP contribution is 2.22. The molecule has 0 saturated heterocycles. The third kappa shape index (κ3) is 4.36. The summed E-state index contributed by atoms with van der Waals surface area (Å²) in [7, 11) is 0. The van der Waals surface area contributed by atoms with Crippen LogP contribution in [-0.2, 0) is 17.6 Å². The summed E-state index contributed by atoms with van der Waals surface area (Å²) in [6, 6.07) is 17.6. The van der Waals surface area contributed by atoms with E-state index in [2.05, 4.69) is 5.32 Å². The van der Waals surface area contributed by atoms with E-state index in [0.29, 0.717) is 25.8 Å². The maximum Gasteiger partial charge on any atom is 0.220 e. The second-order valence-corrected chi connectivity index (χ2v) is 5.31. The zero-order valence-electron chi connectivity index (χ0n) is 12.8. The van der Waals surface area contributed by atoms with Crippen LogP contribution in [0.2, 0.25) is 0 Å².